The highest BCUT2D eigenvalue weighted by Crippen LogP contribution is 2.25. The molecule has 2 aromatic carbocycles. The van der Waals surface area contributed by atoms with Gasteiger partial charge in [-0.05, 0) is 34.9 Å². The summed E-state index contributed by atoms with van der Waals surface area (Å²) >= 11 is 0. The molecule has 2 amide bonds. The second-order valence-corrected chi connectivity index (χ2v) is 5.82. The van der Waals surface area contributed by atoms with Crippen molar-refractivity contribution in [1.29, 1.82) is 0 Å². The lowest BCUT2D eigenvalue weighted by Gasteiger charge is -2.14. The summed E-state index contributed by atoms with van der Waals surface area (Å²) in [6.45, 7) is 0.184. The maximum absolute atomic E-state index is 11.9. The molecular weight excluding hydrogens is 330 g/mol. The molecule has 1 atom stereocenters. The van der Waals surface area contributed by atoms with Crippen LogP contribution < -0.4 is 10.6 Å². The highest BCUT2D eigenvalue weighted by atomic mass is 16.3. The van der Waals surface area contributed by atoms with E-state index < -0.39 is 17.9 Å². The Kier molecular flexibility index (Phi) is 5.56. The highest BCUT2D eigenvalue weighted by Gasteiger charge is 2.15. The molecule has 3 rings (SSSR count). The molecule has 0 saturated carbocycles. The van der Waals surface area contributed by atoms with E-state index in [1.807, 2.05) is 42.5 Å². The van der Waals surface area contributed by atoms with Gasteiger partial charge in [0.05, 0.1) is 18.0 Å². The molecule has 1 heterocycles. The number of aliphatic hydroxyl groups excluding tert-OH is 1. The number of fused-ring (bicyclic) bond motifs is 1. The Hall–Kier alpha value is -3.25. The molecule has 0 bridgehead atoms. The predicted molar refractivity (Wildman–Crippen MR) is 99.4 cm³/mol. The number of carbonyl (C=O) groups is 2. The number of hydrogen-bond donors (Lipinski definition) is 3. The minimum absolute atomic E-state index is 0.184. The van der Waals surface area contributed by atoms with Gasteiger partial charge in [-0.3, -0.25) is 14.6 Å². The van der Waals surface area contributed by atoms with Crippen LogP contribution in [0, 0.1) is 0 Å². The van der Waals surface area contributed by atoms with Crippen LogP contribution in [0.25, 0.3) is 10.8 Å². The van der Waals surface area contributed by atoms with Gasteiger partial charge in [-0.15, -0.1) is 0 Å². The summed E-state index contributed by atoms with van der Waals surface area (Å²) in [5.74, 6) is -1.52. The first-order valence-corrected chi connectivity index (χ1v) is 8.30. The third-order valence-electron chi connectivity index (χ3n) is 4.01. The fraction of sp³-hybridized carbons (Fsp3) is 0.150. The molecule has 0 aliphatic heterocycles. The van der Waals surface area contributed by atoms with Crippen molar-refractivity contribution in [1.82, 2.24) is 10.3 Å². The van der Waals surface area contributed by atoms with Gasteiger partial charge < -0.3 is 15.7 Å². The molecule has 26 heavy (non-hydrogen) atoms. The Bertz CT molecular complexity index is 907. The van der Waals surface area contributed by atoms with Crippen molar-refractivity contribution < 1.29 is 14.7 Å². The fourth-order valence-electron chi connectivity index (χ4n) is 2.72. The average Bonchev–Trinajstić information content (AvgIpc) is 2.68. The third-order valence-corrected chi connectivity index (χ3v) is 4.01. The van der Waals surface area contributed by atoms with E-state index in [4.69, 9.17) is 0 Å². The van der Waals surface area contributed by atoms with Crippen molar-refractivity contribution in [2.24, 2.45) is 0 Å². The number of amides is 2. The number of aromatic nitrogens is 1. The van der Waals surface area contributed by atoms with Crippen LogP contribution in [0.5, 0.6) is 0 Å². The number of benzene rings is 2. The molecule has 6 nitrogen and oxygen atoms in total. The van der Waals surface area contributed by atoms with Crippen LogP contribution in [0.3, 0.4) is 0 Å². The first-order chi connectivity index (χ1) is 12.6. The topological polar surface area (TPSA) is 91.3 Å². The van der Waals surface area contributed by atoms with Crippen molar-refractivity contribution in [2.75, 3.05) is 11.9 Å². The van der Waals surface area contributed by atoms with E-state index in [-0.39, 0.29) is 6.54 Å². The van der Waals surface area contributed by atoms with Gasteiger partial charge in [0.2, 0.25) is 0 Å². The van der Waals surface area contributed by atoms with Gasteiger partial charge in [-0.25, -0.2) is 0 Å². The van der Waals surface area contributed by atoms with Gasteiger partial charge in [-0.1, -0.05) is 42.5 Å². The SMILES string of the molecule is O=C(NCCC(O)c1cccc2ccccc12)C(=O)Nc1cccnc1. The van der Waals surface area contributed by atoms with E-state index in [0.717, 1.165) is 16.3 Å². The Morgan fingerprint density at radius 3 is 2.62 bits per heavy atom. The van der Waals surface area contributed by atoms with Crippen LogP contribution >= 0.6 is 0 Å². The molecular formula is C20H19N3O3. The van der Waals surface area contributed by atoms with E-state index >= 15 is 0 Å². The molecule has 1 aromatic heterocycles. The minimum atomic E-state index is -0.766. The van der Waals surface area contributed by atoms with E-state index in [1.165, 1.54) is 6.20 Å². The first kappa shape index (κ1) is 17.6. The van der Waals surface area contributed by atoms with Crippen molar-refractivity contribution >= 4 is 28.3 Å². The molecule has 132 valence electrons. The van der Waals surface area contributed by atoms with Gasteiger partial charge in [0.1, 0.15) is 0 Å². The van der Waals surface area contributed by atoms with E-state index in [1.54, 1.807) is 18.3 Å². The third kappa shape index (κ3) is 4.23. The molecule has 0 saturated heterocycles. The molecule has 0 aliphatic carbocycles. The number of nitrogens with zero attached hydrogens (tertiary/aromatic N) is 1. The summed E-state index contributed by atoms with van der Waals surface area (Å²) in [6.07, 6.45) is 2.60. The van der Waals surface area contributed by atoms with Crippen LogP contribution in [-0.4, -0.2) is 28.4 Å². The second kappa shape index (κ2) is 8.22. The number of carbonyl (C=O) groups excluding carboxylic acids is 2. The molecule has 0 radical (unpaired) electrons. The molecule has 3 N–H and O–H groups in total. The smallest absolute Gasteiger partial charge is 0.313 e. The second-order valence-electron chi connectivity index (χ2n) is 5.82. The number of anilines is 1. The van der Waals surface area contributed by atoms with Crippen LogP contribution in [0.2, 0.25) is 0 Å². The molecule has 0 fully saturated rings. The fourth-order valence-corrected chi connectivity index (χ4v) is 2.72. The Morgan fingerprint density at radius 2 is 1.81 bits per heavy atom. The van der Waals surface area contributed by atoms with E-state index in [2.05, 4.69) is 15.6 Å². The number of nitrogens with one attached hydrogen (secondary N) is 2. The number of hydrogen-bond acceptors (Lipinski definition) is 4. The van der Waals surface area contributed by atoms with Gasteiger partial charge in [0, 0.05) is 12.7 Å². The van der Waals surface area contributed by atoms with Crippen molar-refractivity contribution in [2.45, 2.75) is 12.5 Å². The molecule has 0 aliphatic rings. The van der Waals surface area contributed by atoms with Crippen molar-refractivity contribution in [3.63, 3.8) is 0 Å². The summed E-state index contributed by atoms with van der Waals surface area (Å²) in [7, 11) is 0. The maximum Gasteiger partial charge on any atom is 0.313 e. The number of rotatable bonds is 5. The highest BCUT2D eigenvalue weighted by molar-refractivity contribution is 6.39. The number of aliphatic hydroxyl groups is 1. The van der Waals surface area contributed by atoms with Crippen LogP contribution in [-0.2, 0) is 9.59 Å². The summed E-state index contributed by atoms with van der Waals surface area (Å²) in [6, 6.07) is 16.8. The zero-order valence-electron chi connectivity index (χ0n) is 14.1. The lowest BCUT2D eigenvalue weighted by molar-refractivity contribution is -0.136. The van der Waals surface area contributed by atoms with Crippen molar-refractivity contribution in [3.8, 4) is 0 Å². The lowest BCUT2D eigenvalue weighted by atomic mass is 9.99. The maximum atomic E-state index is 11.9. The largest absolute Gasteiger partial charge is 0.388 e. The predicted octanol–water partition coefficient (Wildman–Crippen LogP) is 2.41. The van der Waals surface area contributed by atoms with Gasteiger partial charge in [0.25, 0.3) is 0 Å². The number of pyridine rings is 1. The average molecular weight is 349 g/mol. The Labute approximate surface area is 150 Å². The van der Waals surface area contributed by atoms with Crippen LogP contribution in [0.4, 0.5) is 5.69 Å². The van der Waals surface area contributed by atoms with Crippen molar-refractivity contribution in [3.05, 3.63) is 72.6 Å². The Morgan fingerprint density at radius 1 is 1.00 bits per heavy atom. The van der Waals surface area contributed by atoms with Gasteiger partial charge >= 0.3 is 11.8 Å². The van der Waals surface area contributed by atoms with Crippen LogP contribution in [0.15, 0.2) is 67.0 Å². The van der Waals surface area contributed by atoms with Gasteiger partial charge in [-0.2, -0.15) is 0 Å². The standard InChI is InChI=1S/C20H19N3O3/c24-18(17-9-3-6-14-5-1-2-8-16(14)17)10-12-22-19(25)20(26)23-15-7-4-11-21-13-15/h1-9,11,13,18,24H,10,12H2,(H,22,25)(H,23,26). The summed E-state index contributed by atoms with van der Waals surface area (Å²) in [5, 5.41) is 17.4. The monoisotopic (exact) mass is 349 g/mol. The van der Waals surface area contributed by atoms with Crippen LogP contribution in [0.1, 0.15) is 18.1 Å². The molecule has 1 unspecified atom stereocenters. The summed E-state index contributed by atoms with van der Waals surface area (Å²) in [5.41, 5.74) is 1.25. The zero-order chi connectivity index (χ0) is 18.4. The molecule has 0 spiro atoms. The minimum Gasteiger partial charge on any atom is -0.388 e. The molecule has 3 aromatic rings. The van der Waals surface area contributed by atoms with E-state index in [0.29, 0.717) is 12.1 Å². The lowest BCUT2D eigenvalue weighted by Crippen LogP contribution is -2.36. The van der Waals surface area contributed by atoms with E-state index in [9.17, 15) is 14.7 Å². The summed E-state index contributed by atoms with van der Waals surface area (Å²) < 4.78 is 0. The first-order valence-electron chi connectivity index (χ1n) is 8.30. The Balaban J connectivity index is 1.54. The normalized spacial score (nSPS) is 11.7. The molecule has 6 heteroatoms. The van der Waals surface area contributed by atoms with Gasteiger partial charge in [0.15, 0.2) is 0 Å². The zero-order valence-corrected chi connectivity index (χ0v) is 14.1. The summed E-state index contributed by atoms with van der Waals surface area (Å²) in [4.78, 5) is 27.5. The quantitative estimate of drug-likeness (QED) is 0.617.